The molecule has 0 aliphatic carbocycles. The Morgan fingerprint density at radius 3 is 3.17 bits per heavy atom. The molecule has 0 spiro atoms. The summed E-state index contributed by atoms with van der Waals surface area (Å²) in [6.45, 7) is 8.05. The molecule has 1 N–H and O–H groups in total. The zero-order chi connectivity index (χ0) is 12.5. The lowest BCUT2D eigenvalue weighted by atomic mass is 10.1. The van der Waals surface area contributed by atoms with Crippen molar-refractivity contribution >= 4 is 11.2 Å². The lowest BCUT2D eigenvalue weighted by Gasteiger charge is -2.17. The summed E-state index contributed by atoms with van der Waals surface area (Å²) in [5.74, 6) is 2.38. The SMILES string of the molecule is CC(C)CN1CC[C@H](c2nc3ncccc3[nH]2)C1. The molecule has 1 fully saturated rings. The van der Waals surface area contributed by atoms with Gasteiger partial charge < -0.3 is 9.88 Å². The van der Waals surface area contributed by atoms with Crippen molar-refractivity contribution in [2.45, 2.75) is 26.2 Å². The summed E-state index contributed by atoms with van der Waals surface area (Å²) in [4.78, 5) is 14.8. The van der Waals surface area contributed by atoms with Crippen LogP contribution in [-0.4, -0.2) is 39.5 Å². The topological polar surface area (TPSA) is 44.8 Å². The highest BCUT2D eigenvalue weighted by Gasteiger charge is 2.26. The third kappa shape index (κ3) is 2.25. The van der Waals surface area contributed by atoms with E-state index in [2.05, 4.69) is 33.7 Å². The summed E-state index contributed by atoms with van der Waals surface area (Å²) in [6.07, 6.45) is 3.00. The number of nitrogens with one attached hydrogen (secondary N) is 1. The van der Waals surface area contributed by atoms with Crippen LogP contribution in [0.2, 0.25) is 0 Å². The van der Waals surface area contributed by atoms with E-state index in [1.54, 1.807) is 6.20 Å². The summed E-state index contributed by atoms with van der Waals surface area (Å²) < 4.78 is 0. The molecule has 2 aromatic rings. The van der Waals surface area contributed by atoms with Gasteiger partial charge in [-0.05, 0) is 31.0 Å². The summed E-state index contributed by atoms with van der Waals surface area (Å²) in [5, 5.41) is 0. The van der Waals surface area contributed by atoms with Gasteiger partial charge in [-0.3, -0.25) is 0 Å². The molecule has 18 heavy (non-hydrogen) atoms. The molecule has 1 saturated heterocycles. The van der Waals surface area contributed by atoms with Gasteiger partial charge >= 0.3 is 0 Å². The van der Waals surface area contributed by atoms with Crippen LogP contribution in [0.1, 0.15) is 32.0 Å². The number of likely N-dealkylation sites (tertiary alicyclic amines) is 1. The number of hydrogen-bond acceptors (Lipinski definition) is 3. The first kappa shape index (κ1) is 11.7. The molecular formula is C14H20N4. The molecule has 4 heteroatoms. The largest absolute Gasteiger partial charge is 0.340 e. The van der Waals surface area contributed by atoms with Gasteiger partial charge in [0.2, 0.25) is 0 Å². The van der Waals surface area contributed by atoms with Gasteiger partial charge in [-0.15, -0.1) is 0 Å². The second kappa shape index (κ2) is 4.69. The molecule has 4 nitrogen and oxygen atoms in total. The number of rotatable bonds is 3. The van der Waals surface area contributed by atoms with Crippen molar-refractivity contribution in [2.24, 2.45) is 5.92 Å². The van der Waals surface area contributed by atoms with Crippen LogP contribution in [0.4, 0.5) is 0 Å². The monoisotopic (exact) mass is 244 g/mol. The first-order valence-corrected chi connectivity index (χ1v) is 6.75. The molecule has 0 amide bonds. The summed E-state index contributed by atoms with van der Waals surface area (Å²) >= 11 is 0. The minimum absolute atomic E-state index is 0.540. The van der Waals surface area contributed by atoms with Gasteiger partial charge in [0.05, 0.1) is 5.52 Å². The van der Waals surface area contributed by atoms with Crippen molar-refractivity contribution in [1.82, 2.24) is 19.9 Å². The van der Waals surface area contributed by atoms with E-state index in [1.165, 1.54) is 19.5 Å². The number of nitrogens with zero attached hydrogens (tertiary/aromatic N) is 3. The predicted molar refractivity (Wildman–Crippen MR) is 72.5 cm³/mol. The third-order valence-electron chi connectivity index (χ3n) is 3.56. The van der Waals surface area contributed by atoms with Crippen molar-refractivity contribution in [3.63, 3.8) is 0 Å². The Hall–Kier alpha value is -1.42. The minimum atomic E-state index is 0.540. The van der Waals surface area contributed by atoms with Crippen LogP contribution in [0.25, 0.3) is 11.2 Å². The van der Waals surface area contributed by atoms with Gasteiger partial charge in [0.25, 0.3) is 0 Å². The van der Waals surface area contributed by atoms with Crippen LogP contribution >= 0.6 is 0 Å². The molecule has 2 aromatic heterocycles. The van der Waals surface area contributed by atoms with E-state index in [9.17, 15) is 0 Å². The molecule has 3 rings (SSSR count). The zero-order valence-corrected chi connectivity index (χ0v) is 11.1. The Morgan fingerprint density at radius 1 is 1.50 bits per heavy atom. The van der Waals surface area contributed by atoms with Crippen LogP contribution in [0.15, 0.2) is 18.3 Å². The molecule has 0 aromatic carbocycles. The number of aromatic amines is 1. The van der Waals surface area contributed by atoms with Crippen molar-refractivity contribution in [1.29, 1.82) is 0 Å². The smallest absolute Gasteiger partial charge is 0.177 e. The number of H-pyrrole nitrogens is 1. The summed E-state index contributed by atoms with van der Waals surface area (Å²) in [5.41, 5.74) is 1.89. The highest BCUT2D eigenvalue weighted by atomic mass is 15.2. The van der Waals surface area contributed by atoms with E-state index in [0.29, 0.717) is 5.92 Å². The number of pyridine rings is 1. The van der Waals surface area contributed by atoms with Gasteiger partial charge in [-0.1, -0.05) is 13.8 Å². The zero-order valence-electron chi connectivity index (χ0n) is 11.1. The summed E-state index contributed by atoms with van der Waals surface area (Å²) in [6, 6.07) is 3.99. The maximum atomic E-state index is 4.61. The van der Waals surface area contributed by atoms with Crippen molar-refractivity contribution < 1.29 is 0 Å². The van der Waals surface area contributed by atoms with E-state index in [4.69, 9.17) is 0 Å². The summed E-state index contributed by atoms with van der Waals surface area (Å²) in [7, 11) is 0. The molecule has 3 heterocycles. The number of fused-ring (bicyclic) bond motifs is 1. The van der Waals surface area contributed by atoms with Crippen LogP contribution in [-0.2, 0) is 0 Å². The van der Waals surface area contributed by atoms with Gasteiger partial charge in [-0.25, -0.2) is 9.97 Å². The van der Waals surface area contributed by atoms with E-state index < -0.39 is 0 Å². The van der Waals surface area contributed by atoms with Crippen LogP contribution in [0.5, 0.6) is 0 Å². The molecule has 1 atom stereocenters. The number of imidazole rings is 1. The Balaban J connectivity index is 1.75. The molecule has 0 unspecified atom stereocenters. The average molecular weight is 244 g/mol. The number of aromatic nitrogens is 3. The van der Waals surface area contributed by atoms with E-state index in [1.807, 2.05) is 12.1 Å². The first-order chi connectivity index (χ1) is 8.72. The second-order valence-electron chi connectivity index (χ2n) is 5.64. The molecule has 0 saturated carbocycles. The highest BCUT2D eigenvalue weighted by Crippen LogP contribution is 2.26. The molecular weight excluding hydrogens is 224 g/mol. The maximum Gasteiger partial charge on any atom is 0.177 e. The van der Waals surface area contributed by atoms with Gasteiger partial charge in [0.15, 0.2) is 5.65 Å². The lowest BCUT2D eigenvalue weighted by molar-refractivity contribution is 0.294. The van der Waals surface area contributed by atoms with Crippen molar-refractivity contribution in [3.05, 3.63) is 24.2 Å². The molecule has 1 aliphatic rings. The van der Waals surface area contributed by atoms with E-state index >= 15 is 0 Å². The number of hydrogen-bond donors (Lipinski definition) is 1. The minimum Gasteiger partial charge on any atom is -0.340 e. The van der Waals surface area contributed by atoms with Gasteiger partial charge in [0.1, 0.15) is 5.82 Å². The standard InChI is InChI=1S/C14H20N4/c1-10(2)8-18-7-5-11(9-18)13-16-12-4-3-6-15-14(12)17-13/h3-4,6,10-11H,5,7-9H2,1-2H3,(H,15,16,17)/t11-/m0/s1. The fourth-order valence-corrected chi connectivity index (χ4v) is 2.80. The van der Waals surface area contributed by atoms with Crippen molar-refractivity contribution in [3.8, 4) is 0 Å². The van der Waals surface area contributed by atoms with Crippen molar-refractivity contribution in [2.75, 3.05) is 19.6 Å². The normalized spacial score (nSPS) is 21.2. The Morgan fingerprint density at radius 2 is 2.39 bits per heavy atom. The quantitative estimate of drug-likeness (QED) is 0.901. The first-order valence-electron chi connectivity index (χ1n) is 6.75. The molecule has 96 valence electrons. The average Bonchev–Trinajstić information content (AvgIpc) is 2.93. The Kier molecular flexibility index (Phi) is 3.04. The van der Waals surface area contributed by atoms with Crippen LogP contribution in [0.3, 0.4) is 0 Å². The molecule has 0 radical (unpaired) electrons. The highest BCUT2D eigenvalue weighted by molar-refractivity contribution is 5.70. The van der Waals surface area contributed by atoms with Gasteiger partial charge in [-0.2, -0.15) is 0 Å². The maximum absolute atomic E-state index is 4.61. The lowest BCUT2D eigenvalue weighted by Crippen LogP contribution is -2.25. The van der Waals surface area contributed by atoms with Crippen LogP contribution in [0, 0.1) is 5.92 Å². The van der Waals surface area contributed by atoms with E-state index in [-0.39, 0.29) is 0 Å². The second-order valence-corrected chi connectivity index (χ2v) is 5.64. The fourth-order valence-electron chi connectivity index (χ4n) is 2.80. The predicted octanol–water partition coefficient (Wildman–Crippen LogP) is 2.40. The molecule has 0 bridgehead atoms. The molecule has 1 aliphatic heterocycles. The van der Waals surface area contributed by atoms with E-state index in [0.717, 1.165) is 29.5 Å². The Bertz CT molecular complexity index is 498. The van der Waals surface area contributed by atoms with Crippen LogP contribution < -0.4 is 0 Å². The Labute approximate surface area is 107 Å². The fraction of sp³-hybridized carbons (Fsp3) is 0.571. The third-order valence-corrected chi connectivity index (χ3v) is 3.56. The van der Waals surface area contributed by atoms with Gasteiger partial charge in [0, 0.05) is 25.2 Å².